The predicted octanol–water partition coefficient (Wildman–Crippen LogP) is 1.37. The number of hydrogen-bond donors (Lipinski definition) is 1. The molecule has 1 amide bonds. The molecule has 1 heterocycles. The van der Waals surface area contributed by atoms with Gasteiger partial charge in [0.2, 0.25) is 5.91 Å². The Balaban J connectivity index is 1.80. The highest BCUT2D eigenvalue weighted by Gasteiger charge is 2.31. The van der Waals surface area contributed by atoms with Crippen molar-refractivity contribution >= 4 is 5.91 Å². The van der Waals surface area contributed by atoms with Crippen LogP contribution in [0.5, 0.6) is 0 Å². The average molecular weight is 210 g/mol. The van der Waals surface area contributed by atoms with Crippen LogP contribution in [0.25, 0.3) is 0 Å². The quantitative estimate of drug-likeness (QED) is 0.748. The fourth-order valence-electron chi connectivity index (χ4n) is 3.06. The molecule has 0 bridgehead atoms. The van der Waals surface area contributed by atoms with Crippen molar-refractivity contribution < 1.29 is 4.79 Å². The number of hydrogen-bond acceptors (Lipinski definition) is 2. The van der Waals surface area contributed by atoms with E-state index in [9.17, 15) is 4.79 Å². The summed E-state index contributed by atoms with van der Waals surface area (Å²) in [7, 11) is 0. The number of carbonyl (C=O) groups excluding carboxylic acids is 1. The second-order valence-electron chi connectivity index (χ2n) is 5.28. The van der Waals surface area contributed by atoms with Gasteiger partial charge in [-0.1, -0.05) is 6.92 Å². The van der Waals surface area contributed by atoms with E-state index in [1.165, 1.54) is 19.3 Å². The summed E-state index contributed by atoms with van der Waals surface area (Å²) < 4.78 is 0. The van der Waals surface area contributed by atoms with Gasteiger partial charge in [-0.25, -0.2) is 0 Å². The van der Waals surface area contributed by atoms with Crippen LogP contribution in [0.3, 0.4) is 0 Å². The first kappa shape index (κ1) is 10.9. The molecule has 1 aliphatic carbocycles. The Morgan fingerprint density at radius 1 is 1.20 bits per heavy atom. The Bertz CT molecular complexity index is 234. The van der Waals surface area contributed by atoms with Crippen LogP contribution < -0.4 is 5.73 Å². The molecule has 0 aromatic heterocycles. The molecule has 15 heavy (non-hydrogen) atoms. The molecule has 0 unspecified atom stereocenters. The summed E-state index contributed by atoms with van der Waals surface area (Å²) in [5.41, 5.74) is 5.33. The third-order valence-corrected chi connectivity index (χ3v) is 4.12. The van der Waals surface area contributed by atoms with Crippen LogP contribution in [0.15, 0.2) is 0 Å². The van der Waals surface area contributed by atoms with Gasteiger partial charge in [-0.15, -0.1) is 0 Å². The van der Waals surface area contributed by atoms with Crippen LogP contribution in [-0.4, -0.2) is 29.9 Å². The number of likely N-dealkylation sites (tertiary alicyclic amines) is 1. The van der Waals surface area contributed by atoms with Gasteiger partial charge >= 0.3 is 0 Å². The summed E-state index contributed by atoms with van der Waals surface area (Å²) in [6.07, 6.45) is 6.02. The lowest BCUT2D eigenvalue weighted by Gasteiger charge is -2.35. The van der Waals surface area contributed by atoms with E-state index in [2.05, 4.69) is 11.8 Å². The summed E-state index contributed by atoms with van der Waals surface area (Å²) in [5, 5.41) is 0. The van der Waals surface area contributed by atoms with Crippen LogP contribution >= 0.6 is 0 Å². The zero-order valence-electron chi connectivity index (χ0n) is 9.61. The molecule has 0 spiro atoms. The SMILES string of the molecule is C[C@@H]1CC[C@@H](N2CCC(C(N)=O)CC2)C1. The first-order valence-corrected chi connectivity index (χ1v) is 6.20. The van der Waals surface area contributed by atoms with Crippen LogP contribution in [0, 0.1) is 11.8 Å². The third-order valence-electron chi connectivity index (χ3n) is 4.12. The maximum Gasteiger partial charge on any atom is 0.220 e. The lowest BCUT2D eigenvalue weighted by Crippen LogP contribution is -2.43. The fraction of sp³-hybridized carbons (Fsp3) is 0.917. The van der Waals surface area contributed by atoms with Crippen LogP contribution in [0.1, 0.15) is 39.0 Å². The van der Waals surface area contributed by atoms with E-state index < -0.39 is 0 Å². The number of primary amides is 1. The van der Waals surface area contributed by atoms with E-state index in [-0.39, 0.29) is 11.8 Å². The van der Waals surface area contributed by atoms with Crippen molar-refractivity contribution in [3.8, 4) is 0 Å². The summed E-state index contributed by atoms with van der Waals surface area (Å²) in [6, 6.07) is 0.786. The monoisotopic (exact) mass is 210 g/mol. The highest BCUT2D eigenvalue weighted by molar-refractivity contribution is 5.76. The molecule has 2 N–H and O–H groups in total. The fourth-order valence-corrected chi connectivity index (χ4v) is 3.06. The van der Waals surface area contributed by atoms with Crippen molar-refractivity contribution in [1.82, 2.24) is 4.90 Å². The summed E-state index contributed by atoms with van der Waals surface area (Å²) >= 11 is 0. The minimum absolute atomic E-state index is 0.102. The number of amides is 1. The first-order chi connectivity index (χ1) is 7.16. The molecule has 2 fully saturated rings. The van der Waals surface area contributed by atoms with Gasteiger partial charge in [0.1, 0.15) is 0 Å². The van der Waals surface area contributed by atoms with E-state index >= 15 is 0 Å². The molecular formula is C12H22N2O. The Morgan fingerprint density at radius 2 is 1.87 bits per heavy atom. The number of nitrogens with two attached hydrogens (primary N) is 1. The van der Waals surface area contributed by atoms with E-state index in [1.54, 1.807) is 0 Å². The van der Waals surface area contributed by atoms with E-state index in [0.717, 1.165) is 37.9 Å². The Hall–Kier alpha value is -0.570. The van der Waals surface area contributed by atoms with Crippen LogP contribution in [0.2, 0.25) is 0 Å². The van der Waals surface area contributed by atoms with Crippen molar-refractivity contribution in [2.45, 2.75) is 45.1 Å². The maximum atomic E-state index is 11.0. The van der Waals surface area contributed by atoms with Gasteiger partial charge in [-0.3, -0.25) is 4.79 Å². The average Bonchev–Trinajstić information content (AvgIpc) is 2.65. The topological polar surface area (TPSA) is 46.3 Å². The molecule has 3 nitrogen and oxygen atoms in total. The smallest absolute Gasteiger partial charge is 0.220 e. The van der Waals surface area contributed by atoms with Crippen molar-refractivity contribution in [2.24, 2.45) is 17.6 Å². The molecule has 2 aliphatic rings. The normalized spacial score (nSPS) is 34.5. The molecule has 3 heteroatoms. The zero-order chi connectivity index (χ0) is 10.8. The van der Waals surface area contributed by atoms with Crippen LogP contribution in [0.4, 0.5) is 0 Å². The highest BCUT2D eigenvalue weighted by atomic mass is 16.1. The molecule has 1 saturated carbocycles. The zero-order valence-corrected chi connectivity index (χ0v) is 9.61. The molecule has 2 rings (SSSR count). The number of carbonyl (C=O) groups is 1. The second kappa shape index (κ2) is 4.52. The molecule has 0 radical (unpaired) electrons. The Labute approximate surface area is 92.0 Å². The van der Waals surface area contributed by atoms with Gasteiger partial charge < -0.3 is 10.6 Å². The lowest BCUT2D eigenvalue weighted by molar-refractivity contribution is -0.123. The molecule has 86 valence electrons. The lowest BCUT2D eigenvalue weighted by atomic mass is 9.95. The number of piperidine rings is 1. The van der Waals surface area contributed by atoms with Gasteiger partial charge in [0.05, 0.1) is 0 Å². The van der Waals surface area contributed by atoms with Gasteiger partial charge in [-0.2, -0.15) is 0 Å². The Morgan fingerprint density at radius 3 is 2.33 bits per heavy atom. The van der Waals surface area contributed by atoms with Crippen molar-refractivity contribution in [3.63, 3.8) is 0 Å². The third kappa shape index (κ3) is 2.51. The number of rotatable bonds is 2. The van der Waals surface area contributed by atoms with Crippen molar-refractivity contribution in [1.29, 1.82) is 0 Å². The van der Waals surface area contributed by atoms with Crippen molar-refractivity contribution in [3.05, 3.63) is 0 Å². The minimum Gasteiger partial charge on any atom is -0.369 e. The summed E-state index contributed by atoms with van der Waals surface area (Å²) in [4.78, 5) is 13.6. The summed E-state index contributed by atoms with van der Waals surface area (Å²) in [5.74, 6) is 0.929. The van der Waals surface area contributed by atoms with E-state index in [1.807, 2.05) is 0 Å². The van der Waals surface area contributed by atoms with Gasteiger partial charge in [0.25, 0.3) is 0 Å². The van der Waals surface area contributed by atoms with E-state index in [0.29, 0.717) is 0 Å². The Kier molecular flexibility index (Phi) is 3.29. The molecule has 0 aromatic rings. The molecule has 1 saturated heterocycles. The maximum absolute atomic E-state index is 11.0. The first-order valence-electron chi connectivity index (χ1n) is 6.20. The van der Waals surface area contributed by atoms with Crippen LogP contribution in [-0.2, 0) is 4.79 Å². The van der Waals surface area contributed by atoms with Crippen molar-refractivity contribution in [2.75, 3.05) is 13.1 Å². The predicted molar refractivity (Wildman–Crippen MR) is 60.3 cm³/mol. The van der Waals surface area contributed by atoms with Gasteiger partial charge in [0.15, 0.2) is 0 Å². The largest absolute Gasteiger partial charge is 0.369 e. The molecule has 2 atom stereocenters. The van der Waals surface area contributed by atoms with Gasteiger partial charge in [-0.05, 0) is 51.1 Å². The molecular weight excluding hydrogens is 188 g/mol. The highest BCUT2D eigenvalue weighted by Crippen LogP contribution is 2.31. The summed E-state index contributed by atoms with van der Waals surface area (Å²) in [6.45, 7) is 4.49. The van der Waals surface area contributed by atoms with E-state index in [4.69, 9.17) is 5.73 Å². The molecule has 1 aliphatic heterocycles. The number of nitrogens with zero attached hydrogens (tertiary/aromatic N) is 1. The standard InChI is InChI=1S/C12H22N2O/c1-9-2-3-11(8-9)14-6-4-10(5-7-14)12(13)15/h9-11H,2-8H2,1H3,(H2,13,15)/t9-,11-/m1/s1. The second-order valence-corrected chi connectivity index (χ2v) is 5.28. The molecule has 0 aromatic carbocycles. The van der Waals surface area contributed by atoms with Gasteiger partial charge in [0, 0.05) is 12.0 Å². The minimum atomic E-state index is -0.102.